The van der Waals surface area contributed by atoms with E-state index in [1.165, 1.54) is 10.8 Å². The van der Waals surface area contributed by atoms with Gasteiger partial charge in [0.05, 0.1) is 6.10 Å². The molecule has 2 aromatic rings. The van der Waals surface area contributed by atoms with Crippen LogP contribution in [0.2, 0.25) is 13.1 Å². The molecule has 0 aromatic heterocycles. The van der Waals surface area contributed by atoms with Crippen LogP contribution in [0, 0.1) is 6.92 Å². The molecule has 0 aliphatic carbocycles. The number of hydrogen-bond acceptors (Lipinski definition) is 1. The van der Waals surface area contributed by atoms with E-state index in [1.54, 1.807) is 0 Å². The second-order valence-corrected chi connectivity index (χ2v) is 10.2. The van der Waals surface area contributed by atoms with Crippen molar-refractivity contribution >= 4 is 13.3 Å². The summed E-state index contributed by atoms with van der Waals surface area (Å²) < 4.78 is 0. The van der Waals surface area contributed by atoms with Crippen LogP contribution >= 0.6 is 0 Å². The van der Waals surface area contributed by atoms with Gasteiger partial charge < -0.3 is 5.11 Å². The van der Waals surface area contributed by atoms with Gasteiger partial charge in [0.15, 0.2) is 0 Å². The molecule has 2 aromatic carbocycles. The molecule has 0 saturated heterocycles. The highest BCUT2D eigenvalue weighted by Crippen LogP contribution is 2.16. The number of hydrogen-bond donors (Lipinski definition) is 1. The maximum Gasteiger partial charge on any atom is 0.103 e. The normalized spacial score (nSPS) is 13.6. The van der Waals surface area contributed by atoms with Crippen molar-refractivity contribution in [3.8, 4) is 0 Å². The van der Waals surface area contributed by atoms with E-state index in [9.17, 15) is 5.11 Å². The van der Waals surface area contributed by atoms with Crippen molar-refractivity contribution in [2.24, 2.45) is 0 Å². The SMILES string of the molecule is Cc1ccc(C(O)/C=C/[Si](C)(C)c2ccccc2)cc1. The van der Waals surface area contributed by atoms with E-state index in [2.05, 4.69) is 50.0 Å². The molecular weight excluding hydrogens is 260 g/mol. The Balaban J connectivity index is 2.14. The van der Waals surface area contributed by atoms with Gasteiger partial charge in [0, 0.05) is 0 Å². The van der Waals surface area contributed by atoms with Gasteiger partial charge in [-0.3, -0.25) is 0 Å². The standard InChI is InChI=1S/C18H22OSi/c1-15-9-11-16(12-10-15)18(19)13-14-20(2,3)17-7-5-4-6-8-17/h4-14,18-19H,1-3H3/b14-13+. The van der Waals surface area contributed by atoms with Crippen LogP contribution in [0.1, 0.15) is 17.2 Å². The molecular formula is C18H22OSi. The zero-order valence-corrected chi connectivity index (χ0v) is 13.4. The zero-order valence-electron chi connectivity index (χ0n) is 12.4. The third kappa shape index (κ3) is 3.68. The van der Waals surface area contributed by atoms with E-state index in [4.69, 9.17) is 0 Å². The first-order chi connectivity index (χ1) is 9.49. The summed E-state index contributed by atoms with van der Waals surface area (Å²) in [6.07, 6.45) is 1.41. The molecule has 0 fully saturated rings. The minimum Gasteiger partial charge on any atom is -0.384 e. The molecule has 1 atom stereocenters. The topological polar surface area (TPSA) is 20.2 Å². The van der Waals surface area contributed by atoms with Crippen molar-refractivity contribution in [2.45, 2.75) is 26.1 Å². The van der Waals surface area contributed by atoms with Gasteiger partial charge in [0.1, 0.15) is 8.07 Å². The van der Waals surface area contributed by atoms with Gasteiger partial charge in [-0.15, -0.1) is 0 Å². The lowest BCUT2D eigenvalue weighted by molar-refractivity contribution is 0.229. The van der Waals surface area contributed by atoms with E-state index in [1.807, 2.05) is 36.4 Å². The van der Waals surface area contributed by atoms with Crippen molar-refractivity contribution in [3.05, 3.63) is 77.5 Å². The van der Waals surface area contributed by atoms with Crippen molar-refractivity contribution in [1.82, 2.24) is 0 Å². The van der Waals surface area contributed by atoms with Gasteiger partial charge in [0.25, 0.3) is 0 Å². The van der Waals surface area contributed by atoms with E-state index in [0.717, 1.165) is 5.56 Å². The summed E-state index contributed by atoms with van der Waals surface area (Å²) in [7, 11) is -1.63. The van der Waals surface area contributed by atoms with Gasteiger partial charge in [0.2, 0.25) is 0 Å². The maximum absolute atomic E-state index is 10.3. The summed E-state index contributed by atoms with van der Waals surface area (Å²) in [6, 6.07) is 18.6. The minimum atomic E-state index is -1.63. The average molecular weight is 282 g/mol. The molecule has 0 aliphatic rings. The lowest BCUT2D eigenvalue weighted by atomic mass is 10.1. The molecule has 0 heterocycles. The van der Waals surface area contributed by atoms with Crippen LogP contribution in [0.25, 0.3) is 0 Å². The number of aryl methyl sites for hydroxylation is 1. The third-order valence-corrected chi connectivity index (χ3v) is 6.48. The Morgan fingerprint density at radius 1 is 0.950 bits per heavy atom. The fourth-order valence-electron chi connectivity index (χ4n) is 2.17. The lowest BCUT2D eigenvalue weighted by Crippen LogP contribution is -2.39. The summed E-state index contributed by atoms with van der Waals surface area (Å²) in [5.41, 5.74) is 4.38. The Hall–Kier alpha value is -1.64. The molecule has 0 bridgehead atoms. The van der Waals surface area contributed by atoms with Gasteiger partial charge >= 0.3 is 0 Å². The van der Waals surface area contributed by atoms with Crippen LogP contribution in [0.5, 0.6) is 0 Å². The number of aliphatic hydroxyl groups excluding tert-OH is 1. The zero-order chi connectivity index (χ0) is 14.6. The molecule has 0 saturated carbocycles. The Bertz CT molecular complexity index is 570. The molecule has 1 N–H and O–H groups in total. The molecule has 20 heavy (non-hydrogen) atoms. The highest BCUT2D eigenvalue weighted by atomic mass is 28.3. The van der Waals surface area contributed by atoms with E-state index >= 15 is 0 Å². The smallest absolute Gasteiger partial charge is 0.103 e. The predicted octanol–water partition coefficient (Wildman–Crippen LogP) is 3.74. The number of rotatable bonds is 4. The quantitative estimate of drug-likeness (QED) is 0.847. The monoisotopic (exact) mass is 282 g/mol. The maximum atomic E-state index is 10.3. The Morgan fingerprint density at radius 2 is 1.55 bits per heavy atom. The Morgan fingerprint density at radius 3 is 2.15 bits per heavy atom. The molecule has 1 nitrogen and oxygen atoms in total. The molecule has 0 radical (unpaired) electrons. The first-order valence-electron chi connectivity index (χ1n) is 6.98. The molecule has 2 heteroatoms. The van der Waals surface area contributed by atoms with Crippen LogP contribution in [0.3, 0.4) is 0 Å². The van der Waals surface area contributed by atoms with Gasteiger partial charge in [-0.1, -0.05) is 90.2 Å². The molecule has 0 aliphatic heterocycles. The second-order valence-electron chi connectivity index (χ2n) is 5.80. The van der Waals surface area contributed by atoms with Crippen molar-refractivity contribution in [3.63, 3.8) is 0 Å². The largest absolute Gasteiger partial charge is 0.384 e. The molecule has 104 valence electrons. The number of benzene rings is 2. The highest BCUT2D eigenvalue weighted by molar-refractivity contribution is 6.93. The van der Waals surface area contributed by atoms with Crippen molar-refractivity contribution in [2.75, 3.05) is 0 Å². The second kappa shape index (κ2) is 6.20. The van der Waals surface area contributed by atoms with Crippen molar-refractivity contribution in [1.29, 1.82) is 0 Å². The summed E-state index contributed by atoms with van der Waals surface area (Å²) in [5, 5.41) is 11.6. The summed E-state index contributed by atoms with van der Waals surface area (Å²) in [4.78, 5) is 0. The summed E-state index contributed by atoms with van der Waals surface area (Å²) in [6.45, 7) is 6.64. The molecule has 1 unspecified atom stereocenters. The predicted molar refractivity (Wildman–Crippen MR) is 88.8 cm³/mol. The van der Waals surface area contributed by atoms with Gasteiger partial charge in [-0.2, -0.15) is 0 Å². The molecule has 2 rings (SSSR count). The lowest BCUT2D eigenvalue weighted by Gasteiger charge is -2.19. The van der Waals surface area contributed by atoms with Crippen LogP contribution in [0.4, 0.5) is 0 Å². The van der Waals surface area contributed by atoms with E-state index in [0.29, 0.717) is 0 Å². The first-order valence-corrected chi connectivity index (χ1v) is 10.1. The fourth-order valence-corrected chi connectivity index (χ4v) is 4.08. The van der Waals surface area contributed by atoms with E-state index in [-0.39, 0.29) is 0 Å². The van der Waals surface area contributed by atoms with Crippen LogP contribution in [0.15, 0.2) is 66.4 Å². The average Bonchev–Trinajstić information content (AvgIpc) is 2.46. The van der Waals surface area contributed by atoms with Gasteiger partial charge in [-0.05, 0) is 12.5 Å². The van der Waals surface area contributed by atoms with E-state index < -0.39 is 14.2 Å². The summed E-state index contributed by atoms with van der Waals surface area (Å²) >= 11 is 0. The van der Waals surface area contributed by atoms with Crippen molar-refractivity contribution < 1.29 is 5.11 Å². The minimum absolute atomic E-state index is 0.522. The summed E-state index contributed by atoms with van der Waals surface area (Å²) in [5.74, 6) is 0. The van der Waals surface area contributed by atoms with Crippen LogP contribution in [-0.4, -0.2) is 13.2 Å². The first kappa shape index (κ1) is 14.8. The van der Waals surface area contributed by atoms with Crippen LogP contribution < -0.4 is 5.19 Å². The third-order valence-electron chi connectivity index (χ3n) is 3.63. The Kier molecular flexibility index (Phi) is 4.58. The highest BCUT2D eigenvalue weighted by Gasteiger charge is 2.19. The Labute approximate surface area is 122 Å². The number of aliphatic hydroxyl groups is 1. The fraction of sp³-hybridized carbons (Fsp3) is 0.222. The van der Waals surface area contributed by atoms with Gasteiger partial charge in [-0.25, -0.2) is 0 Å². The molecule has 0 spiro atoms. The van der Waals surface area contributed by atoms with Crippen LogP contribution in [-0.2, 0) is 0 Å². The molecule has 0 amide bonds.